The van der Waals surface area contributed by atoms with Crippen LogP contribution in [-0.4, -0.2) is 63.4 Å². The second-order valence-electron chi connectivity index (χ2n) is 6.02. The molecule has 2 unspecified atom stereocenters. The van der Waals surface area contributed by atoms with Gasteiger partial charge in [0.1, 0.15) is 18.4 Å². The number of esters is 1. The van der Waals surface area contributed by atoms with Gasteiger partial charge in [-0.05, 0) is 13.8 Å². The van der Waals surface area contributed by atoms with Gasteiger partial charge in [0.05, 0.1) is 31.9 Å². The lowest BCUT2D eigenvalue weighted by atomic mass is 10.0. The first-order valence-corrected chi connectivity index (χ1v) is 8.08. The van der Waals surface area contributed by atoms with Gasteiger partial charge in [0, 0.05) is 18.0 Å². The Kier molecular flexibility index (Phi) is 7.83. The number of nitrogens with zero attached hydrogens (tertiary/aromatic N) is 2. The summed E-state index contributed by atoms with van der Waals surface area (Å²) in [5.41, 5.74) is 0.111. The number of aromatic nitrogens is 2. The smallest absolute Gasteiger partial charge is 0.306 e. The van der Waals surface area contributed by atoms with Crippen LogP contribution >= 0.6 is 11.7 Å². The Morgan fingerprint density at radius 1 is 1.43 bits per heavy atom. The minimum atomic E-state index is -0.758. The molecule has 1 rings (SSSR count). The normalized spacial score (nSPS) is 14.3. The fourth-order valence-corrected chi connectivity index (χ4v) is 2.31. The van der Waals surface area contributed by atoms with Gasteiger partial charge < -0.3 is 25.0 Å². The molecule has 0 bridgehead atoms. The van der Waals surface area contributed by atoms with Gasteiger partial charge >= 0.3 is 5.97 Å². The average molecular weight is 347 g/mol. The average Bonchev–Trinajstić information content (AvgIpc) is 2.99. The van der Waals surface area contributed by atoms with Gasteiger partial charge in [0.2, 0.25) is 5.88 Å². The van der Waals surface area contributed by atoms with E-state index in [1.165, 1.54) is 7.11 Å². The number of β-amino-alcohol motifs (C(OH)–C–C–N with tert-alkyl or cyclic N) is 1. The first-order valence-electron chi connectivity index (χ1n) is 7.35. The van der Waals surface area contributed by atoms with Crippen molar-refractivity contribution in [2.45, 2.75) is 44.8 Å². The summed E-state index contributed by atoms with van der Waals surface area (Å²) in [6, 6.07) is 0. The molecule has 1 heterocycles. The molecule has 0 aliphatic carbocycles. The summed E-state index contributed by atoms with van der Waals surface area (Å²) < 4.78 is 18.3. The summed E-state index contributed by atoms with van der Waals surface area (Å²) in [6.07, 6.45) is -0.570. The fourth-order valence-electron chi connectivity index (χ4n) is 1.70. The van der Waals surface area contributed by atoms with Crippen molar-refractivity contribution in [1.29, 1.82) is 0 Å². The van der Waals surface area contributed by atoms with Crippen LogP contribution in [0.3, 0.4) is 0 Å². The molecule has 0 aliphatic heterocycles. The monoisotopic (exact) mass is 347 g/mol. The van der Waals surface area contributed by atoms with Crippen LogP contribution in [0.15, 0.2) is 0 Å². The van der Waals surface area contributed by atoms with Crippen LogP contribution in [0.5, 0.6) is 5.88 Å². The predicted octanol–water partition coefficient (Wildman–Crippen LogP) is 0.305. The Bertz CT molecular complexity index is 495. The molecule has 0 saturated carbocycles. The zero-order valence-electron chi connectivity index (χ0n) is 13.9. The molecule has 0 fully saturated rings. The van der Waals surface area contributed by atoms with Crippen molar-refractivity contribution in [2.24, 2.45) is 0 Å². The first kappa shape index (κ1) is 19.8. The zero-order chi connectivity index (χ0) is 17.5. The fraction of sp³-hybridized carbons (Fsp3) is 0.786. The Morgan fingerprint density at radius 2 is 2.13 bits per heavy atom. The lowest BCUT2D eigenvalue weighted by molar-refractivity contribution is -0.141. The molecule has 3 N–H and O–H groups in total. The Morgan fingerprint density at radius 3 is 2.74 bits per heavy atom. The number of rotatable bonds is 10. The Hall–Kier alpha value is -1.29. The van der Waals surface area contributed by atoms with E-state index in [0.717, 1.165) is 11.7 Å². The zero-order valence-corrected chi connectivity index (χ0v) is 14.7. The molecule has 2 atom stereocenters. The summed E-state index contributed by atoms with van der Waals surface area (Å²) in [5, 5.41) is 22.1. The molecule has 8 nitrogen and oxygen atoms in total. The molecule has 9 heteroatoms. The predicted molar refractivity (Wildman–Crippen MR) is 85.6 cm³/mol. The third-order valence-corrected chi connectivity index (χ3v) is 3.80. The van der Waals surface area contributed by atoms with Gasteiger partial charge in [-0.25, -0.2) is 0 Å². The molecule has 0 amide bonds. The van der Waals surface area contributed by atoms with Gasteiger partial charge in [-0.15, -0.1) is 4.37 Å². The van der Waals surface area contributed by atoms with Crippen LogP contribution in [-0.2, 0) is 9.53 Å². The lowest BCUT2D eigenvalue weighted by Crippen LogP contribution is -2.47. The molecular weight excluding hydrogens is 322 g/mol. The molecule has 1 aromatic heterocycles. The number of aliphatic hydroxyl groups excluding tert-OH is 2. The SMILES string of the molecule is COC(=O)CC(C)c1nsnc1OCC(O)CNC(C)(C)CO. The molecule has 23 heavy (non-hydrogen) atoms. The number of carbonyl (C=O) groups is 1. The number of methoxy groups -OCH3 is 1. The second kappa shape index (κ2) is 9.11. The number of hydrogen-bond acceptors (Lipinski definition) is 9. The van der Waals surface area contributed by atoms with Gasteiger partial charge in [0.15, 0.2) is 0 Å². The highest BCUT2D eigenvalue weighted by Gasteiger charge is 2.22. The number of carbonyl (C=O) groups excluding carboxylic acids is 1. The summed E-state index contributed by atoms with van der Waals surface area (Å²) in [4.78, 5) is 11.3. The standard InChI is InChI=1S/C14H25N3O5S/c1-9(5-11(20)21-4)12-13(17-23-16-12)22-7-10(19)6-15-14(2,3)8-18/h9-10,15,18-19H,5-8H2,1-4H3. The molecule has 0 aliphatic rings. The van der Waals surface area contributed by atoms with E-state index in [1.54, 1.807) is 0 Å². The van der Waals surface area contributed by atoms with E-state index in [1.807, 2.05) is 20.8 Å². The number of hydrogen-bond donors (Lipinski definition) is 3. The van der Waals surface area contributed by atoms with Crippen molar-refractivity contribution in [3.05, 3.63) is 5.69 Å². The van der Waals surface area contributed by atoms with E-state index < -0.39 is 11.6 Å². The van der Waals surface area contributed by atoms with Gasteiger partial charge in [-0.1, -0.05) is 6.92 Å². The van der Waals surface area contributed by atoms with Crippen LogP contribution in [0, 0.1) is 0 Å². The van der Waals surface area contributed by atoms with Crippen LogP contribution < -0.4 is 10.1 Å². The summed E-state index contributed by atoms with van der Waals surface area (Å²) in [5.74, 6) is -0.182. The largest absolute Gasteiger partial charge is 0.473 e. The summed E-state index contributed by atoms with van der Waals surface area (Å²) >= 11 is 0.995. The second-order valence-corrected chi connectivity index (χ2v) is 6.55. The van der Waals surface area contributed by atoms with Crippen LogP contribution in [0.4, 0.5) is 0 Å². The van der Waals surface area contributed by atoms with Crippen molar-refractivity contribution in [1.82, 2.24) is 14.1 Å². The maximum Gasteiger partial charge on any atom is 0.306 e. The minimum Gasteiger partial charge on any atom is -0.473 e. The van der Waals surface area contributed by atoms with Crippen LogP contribution in [0.25, 0.3) is 0 Å². The number of nitrogens with one attached hydrogen (secondary N) is 1. The Balaban J connectivity index is 2.49. The summed E-state index contributed by atoms with van der Waals surface area (Å²) in [7, 11) is 1.34. The minimum absolute atomic E-state index is 0.0359. The molecule has 0 aromatic carbocycles. The third kappa shape index (κ3) is 6.78. The number of ether oxygens (including phenoxy) is 2. The van der Waals surface area contributed by atoms with Crippen LogP contribution in [0.2, 0.25) is 0 Å². The molecule has 0 radical (unpaired) electrons. The maximum atomic E-state index is 11.3. The molecule has 1 aromatic rings. The van der Waals surface area contributed by atoms with Crippen molar-refractivity contribution in [3.63, 3.8) is 0 Å². The van der Waals surface area contributed by atoms with Crippen molar-refractivity contribution < 1.29 is 24.5 Å². The van der Waals surface area contributed by atoms with Crippen LogP contribution in [0.1, 0.15) is 38.8 Å². The van der Waals surface area contributed by atoms with E-state index in [9.17, 15) is 9.90 Å². The first-order chi connectivity index (χ1) is 10.8. The highest BCUT2D eigenvalue weighted by molar-refractivity contribution is 6.99. The van der Waals surface area contributed by atoms with Gasteiger partial charge in [0.25, 0.3) is 0 Å². The highest BCUT2D eigenvalue weighted by atomic mass is 32.1. The third-order valence-electron chi connectivity index (χ3n) is 3.27. The highest BCUT2D eigenvalue weighted by Crippen LogP contribution is 2.27. The topological polar surface area (TPSA) is 114 Å². The Labute approximate surface area is 140 Å². The van der Waals surface area contributed by atoms with Crippen molar-refractivity contribution in [3.8, 4) is 5.88 Å². The van der Waals surface area contributed by atoms with E-state index in [0.29, 0.717) is 11.6 Å². The molecule has 132 valence electrons. The maximum absolute atomic E-state index is 11.3. The molecule has 0 spiro atoms. The van der Waals surface area contributed by atoms with Gasteiger partial charge in [-0.2, -0.15) is 4.37 Å². The molecule has 0 saturated heterocycles. The van der Waals surface area contributed by atoms with E-state index in [-0.39, 0.29) is 38.1 Å². The lowest BCUT2D eigenvalue weighted by Gasteiger charge is -2.25. The van der Waals surface area contributed by atoms with Gasteiger partial charge in [-0.3, -0.25) is 4.79 Å². The summed E-state index contributed by atoms with van der Waals surface area (Å²) in [6.45, 7) is 5.78. The number of aliphatic hydroxyl groups is 2. The van der Waals surface area contributed by atoms with Crippen molar-refractivity contribution >= 4 is 17.7 Å². The van der Waals surface area contributed by atoms with Crippen molar-refractivity contribution in [2.75, 3.05) is 26.9 Å². The molecular formula is C14H25N3O5S. The van der Waals surface area contributed by atoms with E-state index >= 15 is 0 Å². The quantitative estimate of drug-likeness (QED) is 0.518. The van der Waals surface area contributed by atoms with E-state index in [4.69, 9.17) is 9.84 Å². The van der Waals surface area contributed by atoms with E-state index in [2.05, 4.69) is 18.8 Å².